The van der Waals surface area contributed by atoms with Gasteiger partial charge in [-0.15, -0.1) is 0 Å². The van der Waals surface area contributed by atoms with Crippen molar-refractivity contribution < 1.29 is 14.3 Å². The summed E-state index contributed by atoms with van der Waals surface area (Å²) in [6.45, 7) is 3.62. The summed E-state index contributed by atoms with van der Waals surface area (Å²) >= 11 is 3.32. The van der Waals surface area contributed by atoms with Crippen LogP contribution in [-0.2, 0) is 14.3 Å². The van der Waals surface area contributed by atoms with Crippen molar-refractivity contribution in [2.75, 3.05) is 7.11 Å². The van der Waals surface area contributed by atoms with Crippen molar-refractivity contribution in [2.24, 2.45) is 0 Å². The predicted octanol–water partition coefficient (Wildman–Crippen LogP) is 2.75. The third kappa shape index (κ3) is 4.87. The van der Waals surface area contributed by atoms with E-state index in [2.05, 4.69) is 21.2 Å². The first kappa shape index (κ1) is 15.4. The van der Waals surface area contributed by atoms with E-state index < -0.39 is 12.0 Å². The highest BCUT2D eigenvalue weighted by atomic mass is 79.9. The fourth-order valence-electron chi connectivity index (χ4n) is 1.50. The van der Waals surface area contributed by atoms with Crippen LogP contribution in [0.4, 0.5) is 0 Å². The van der Waals surface area contributed by atoms with E-state index in [0.29, 0.717) is 5.56 Å². The lowest BCUT2D eigenvalue weighted by Gasteiger charge is -2.16. The van der Waals surface area contributed by atoms with E-state index in [9.17, 15) is 9.59 Å². The quantitative estimate of drug-likeness (QED) is 0.684. The van der Waals surface area contributed by atoms with Crippen molar-refractivity contribution >= 4 is 27.8 Å². The average molecular weight is 326 g/mol. The van der Waals surface area contributed by atoms with Crippen molar-refractivity contribution in [1.29, 1.82) is 0 Å². The molecule has 1 aromatic rings. The molecule has 5 heteroatoms. The van der Waals surface area contributed by atoms with Crippen LogP contribution in [0.2, 0.25) is 0 Å². The van der Waals surface area contributed by atoms with Gasteiger partial charge in [0.2, 0.25) is 5.91 Å². The number of benzene rings is 1. The number of nitrogens with one attached hydrogen (secondary N) is 1. The summed E-state index contributed by atoms with van der Waals surface area (Å²) in [5.41, 5.74) is 1.53. The molecule has 0 saturated carbocycles. The number of ether oxygens (including phenoxy) is 1. The molecule has 1 rings (SSSR count). The maximum absolute atomic E-state index is 11.7. The Kier molecular flexibility index (Phi) is 5.76. The Morgan fingerprint density at radius 2 is 1.84 bits per heavy atom. The minimum atomic E-state index is -0.804. The first-order valence-electron chi connectivity index (χ1n) is 5.72. The van der Waals surface area contributed by atoms with Crippen LogP contribution < -0.4 is 5.32 Å². The summed E-state index contributed by atoms with van der Waals surface area (Å²) < 4.78 is 5.62. The topological polar surface area (TPSA) is 55.4 Å². The summed E-state index contributed by atoms with van der Waals surface area (Å²) in [5.74, 6) is -0.823. The van der Waals surface area contributed by atoms with E-state index in [1.165, 1.54) is 13.2 Å². The number of carbonyl (C=O) groups is 2. The zero-order valence-corrected chi connectivity index (χ0v) is 12.7. The molecule has 102 valence electrons. The molecule has 0 fully saturated rings. The Bertz CT molecular complexity index is 490. The van der Waals surface area contributed by atoms with Crippen LogP contribution in [0, 0.1) is 0 Å². The van der Waals surface area contributed by atoms with Gasteiger partial charge < -0.3 is 10.1 Å². The number of rotatable bonds is 4. The normalized spacial score (nSPS) is 11.4. The van der Waals surface area contributed by atoms with Gasteiger partial charge in [-0.05, 0) is 31.5 Å². The van der Waals surface area contributed by atoms with Crippen molar-refractivity contribution in [1.82, 2.24) is 5.32 Å². The summed E-state index contributed by atoms with van der Waals surface area (Å²) in [4.78, 5) is 23.5. The van der Waals surface area contributed by atoms with Gasteiger partial charge in [0, 0.05) is 10.5 Å². The Labute approximate surface area is 121 Å². The van der Waals surface area contributed by atoms with Crippen LogP contribution in [0.3, 0.4) is 0 Å². The van der Waals surface area contributed by atoms with Gasteiger partial charge in [-0.25, -0.2) is 4.79 Å². The second-order valence-electron chi connectivity index (χ2n) is 4.24. The molecule has 0 aliphatic carbocycles. The second kappa shape index (κ2) is 7.09. The maximum atomic E-state index is 11.7. The van der Waals surface area contributed by atoms with Crippen molar-refractivity contribution in [3.05, 3.63) is 46.0 Å². The van der Waals surface area contributed by atoms with Crippen molar-refractivity contribution in [3.8, 4) is 0 Å². The molecule has 1 amide bonds. The number of hydrogen-bond acceptors (Lipinski definition) is 3. The van der Waals surface area contributed by atoms with Gasteiger partial charge in [-0.2, -0.15) is 0 Å². The first-order valence-corrected chi connectivity index (χ1v) is 6.52. The SMILES string of the molecule is COC(=O)[C@H](NC(=O)C=C(C)C)c1ccc(Br)cc1. The standard InChI is InChI=1S/C14H16BrNO3/c1-9(2)8-12(17)16-13(14(18)19-3)10-4-6-11(15)7-5-10/h4-8,13H,1-3H3,(H,16,17)/t13-/m1/s1. The Morgan fingerprint density at radius 3 is 2.32 bits per heavy atom. The molecule has 0 bridgehead atoms. The first-order chi connectivity index (χ1) is 8.93. The predicted molar refractivity (Wildman–Crippen MR) is 76.5 cm³/mol. The lowest BCUT2D eigenvalue weighted by atomic mass is 10.1. The minimum absolute atomic E-state index is 0.321. The molecule has 1 atom stereocenters. The molecule has 0 heterocycles. The fourth-order valence-corrected chi connectivity index (χ4v) is 1.76. The molecular weight excluding hydrogens is 310 g/mol. The van der Waals surface area contributed by atoms with E-state index in [4.69, 9.17) is 4.74 Å². The summed E-state index contributed by atoms with van der Waals surface area (Å²) in [6.07, 6.45) is 1.44. The molecular formula is C14H16BrNO3. The highest BCUT2D eigenvalue weighted by Crippen LogP contribution is 2.18. The molecule has 19 heavy (non-hydrogen) atoms. The zero-order valence-electron chi connectivity index (χ0n) is 11.1. The van der Waals surface area contributed by atoms with Crippen LogP contribution >= 0.6 is 15.9 Å². The van der Waals surface area contributed by atoms with E-state index in [-0.39, 0.29) is 5.91 Å². The van der Waals surface area contributed by atoms with Crippen molar-refractivity contribution in [3.63, 3.8) is 0 Å². The van der Waals surface area contributed by atoms with Gasteiger partial charge in [-0.3, -0.25) is 4.79 Å². The number of methoxy groups -OCH3 is 1. The molecule has 1 aromatic carbocycles. The van der Waals surface area contributed by atoms with Gasteiger partial charge in [-0.1, -0.05) is 33.6 Å². The lowest BCUT2D eigenvalue weighted by Crippen LogP contribution is -2.33. The summed E-state index contributed by atoms with van der Waals surface area (Å²) in [7, 11) is 1.29. The molecule has 0 spiro atoms. The Hall–Kier alpha value is -1.62. The van der Waals surface area contributed by atoms with Crippen LogP contribution in [0.5, 0.6) is 0 Å². The number of carbonyl (C=O) groups excluding carboxylic acids is 2. The zero-order chi connectivity index (χ0) is 14.4. The number of amides is 1. The maximum Gasteiger partial charge on any atom is 0.333 e. The molecule has 0 aromatic heterocycles. The van der Waals surface area contributed by atoms with Crippen LogP contribution in [0.1, 0.15) is 25.5 Å². The van der Waals surface area contributed by atoms with Crippen molar-refractivity contribution in [2.45, 2.75) is 19.9 Å². The summed E-state index contributed by atoms with van der Waals surface area (Å²) in [6, 6.07) is 6.32. The molecule has 1 N–H and O–H groups in total. The summed E-state index contributed by atoms with van der Waals surface area (Å²) in [5, 5.41) is 2.63. The molecule has 4 nitrogen and oxygen atoms in total. The molecule has 0 unspecified atom stereocenters. The molecule has 0 saturated heterocycles. The largest absolute Gasteiger partial charge is 0.467 e. The van der Waals surface area contributed by atoms with Gasteiger partial charge >= 0.3 is 5.97 Å². The number of esters is 1. The van der Waals surface area contributed by atoms with E-state index in [1.54, 1.807) is 24.3 Å². The monoisotopic (exact) mass is 325 g/mol. The lowest BCUT2D eigenvalue weighted by molar-refractivity contribution is -0.144. The molecule has 0 radical (unpaired) electrons. The molecule has 0 aliphatic heterocycles. The number of halogens is 1. The Morgan fingerprint density at radius 1 is 1.26 bits per heavy atom. The molecule has 0 aliphatic rings. The average Bonchev–Trinajstić information content (AvgIpc) is 2.35. The van der Waals surface area contributed by atoms with E-state index >= 15 is 0 Å². The smallest absolute Gasteiger partial charge is 0.333 e. The van der Waals surface area contributed by atoms with Gasteiger partial charge in [0.25, 0.3) is 0 Å². The van der Waals surface area contributed by atoms with E-state index in [0.717, 1.165) is 10.0 Å². The number of hydrogen-bond donors (Lipinski definition) is 1. The van der Waals surface area contributed by atoms with Gasteiger partial charge in [0.15, 0.2) is 6.04 Å². The third-order valence-electron chi connectivity index (χ3n) is 2.35. The Balaban J connectivity index is 2.96. The minimum Gasteiger partial charge on any atom is -0.467 e. The van der Waals surface area contributed by atoms with Crippen LogP contribution in [0.15, 0.2) is 40.4 Å². The van der Waals surface area contributed by atoms with Crippen LogP contribution in [-0.4, -0.2) is 19.0 Å². The highest BCUT2D eigenvalue weighted by molar-refractivity contribution is 9.10. The van der Waals surface area contributed by atoms with E-state index in [1.807, 2.05) is 13.8 Å². The fraction of sp³-hybridized carbons (Fsp3) is 0.286. The third-order valence-corrected chi connectivity index (χ3v) is 2.88. The number of allylic oxidation sites excluding steroid dienone is 1. The van der Waals surface area contributed by atoms with Gasteiger partial charge in [0.05, 0.1) is 7.11 Å². The highest BCUT2D eigenvalue weighted by Gasteiger charge is 2.22. The van der Waals surface area contributed by atoms with Crippen LogP contribution in [0.25, 0.3) is 0 Å². The van der Waals surface area contributed by atoms with Gasteiger partial charge in [0.1, 0.15) is 0 Å². The second-order valence-corrected chi connectivity index (χ2v) is 5.15.